The third kappa shape index (κ3) is 4.71. The molecule has 24 heavy (non-hydrogen) atoms. The molecule has 0 spiro atoms. The van der Waals surface area contributed by atoms with Crippen molar-refractivity contribution in [2.75, 3.05) is 12.3 Å². The predicted molar refractivity (Wildman–Crippen MR) is 96.6 cm³/mol. The number of carbonyl (C=O) groups is 1. The minimum atomic E-state index is -0.397. The van der Waals surface area contributed by atoms with Crippen molar-refractivity contribution in [3.63, 3.8) is 0 Å². The minimum absolute atomic E-state index is 0.0513. The number of hydrogen-bond acceptors (Lipinski definition) is 2. The zero-order chi connectivity index (χ0) is 17.7. The van der Waals surface area contributed by atoms with Gasteiger partial charge in [-0.3, -0.25) is 4.79 Å². The first kappa shape index (κ1) is 18.3. The Morgan fingerprint density at radius 1 is 1.25 bits per heavy atom. The van der Waals surface area contributed by atoms with E-state index in [1.807, 2.05) is 38.1 Å². The standard InChI is InChI=1S/C19H22ClFN2O/c1-19(2,15-9-8-14(21)11-16(15)20)12-23-18(24)10-7-13-5-3-4-6-17(13)22/h3-6,8-9,11H,7,10,12,22H2,1-2H3,(H,23,24). The Morgan fingerprint density at radius 3 is 2.62 bits per heavy atom. The maximum Gasteiger partial charge on any atom is 0.220 e. The predicted octanol–water partition coefficient (Wildman–Crippen LogP) is 4.09. The quantitative estimate of drug-likeness (QED) is 0.772. The number of nitrogen functional groups attached to an aromatic ring is 1. The van der Waals surface area contributed by atoms with Crippen molar-refractivity contribution < 1.29 is 9.18 Å². The van der Waals surface area contributed by atoms with Crippen molar-refractivity contribution in [3.05, 3.63) is 64.4 Å². The van der Waals surface area contributed by atoms with Gasteiger partial charge in [-0.25, -0.2) is 4.39 Å². The summed E-state index contributed by atoms with van der Waals surface area (Å²) in [5.74, 6) is -0.423. The van der Waals surface area contributed by atoms with E-state index in [0.717, 1.165) is 11.1 Å². The Labute approximate surface area is 147 Å². The number of nitrogens with one attached hydrogen (secondary N) is 1. The number of anilines is 1. The molecule has 3 nitrogen and oxygen atoms in total. The SMILES string of the molecule is CC(C)(CNC(=O)CCc1ccccc1N)c1ccc(F)cc1Cl. The van der Waals surface area contributed by atoms with Crippen LogP contribution < -0.4 is 11.1 Å². The molecule has 0 aromatic heterocycles. The van der Waals surface area contributed by atoms with E-state index in [-0.39, 0.29) is 11.7 Å². The molecule has 0 radical (unpaired) electrons. The van der Waals surface area contributed by atoms with E-state index in [9.17, 15) is 9.18 Å². The van der Waals surface area contributed by atoms with E-state index < -0.39 is 5.41 Å². The van der Waals surface area contributed by atoms with Gasteiger partial charge in [0.1, 0.15) is 5.82 Å². The van der Waals surface area contributed by atoms with E-state index in [1.54, 1.807) is 6.07 Å². The van der Waals surface area contributed by atoms with Gasteiger partial charge in [-0.15, -0.1) is 0 Å². The molecule has 2 aromatic rings. The van der Waals surface area contributed by atoms with Gasteiger partial charge < -0.3 is 11.1 Å². The number of benzene rings is 2. The number of carbonyl (C=O) groups excluding carboxylic acids is 1. The Balaban J connectivity index is 1.91. The lowest BCUT2D eigenvalue weighted by Crippen LogP contribution is -2.37. The van der Waals surface area contributed by atoms with Crippen molar-refractivity contribution in [3.8, 4) is 0 Å². The lowest BCUT2D eigenvalue weighted by Gasteiger charge is -2.26. The van der Waals surface area contributed by atoms with Crippen molar-refractivity contribution in [2.24, 2.45) is 0 Å². The second kappa shape index (κ2) is 7.67. The van der Waals surface area contributed by atoms with Crippen LogP contribution in [0.1, 0.15) is 31.4 Å². The van der Waals surface area contributed by atoms with Crippen LogP contribution in [0.2, 0.25) is 5.02 Å². The first-order chi connectivity index (χ1) is 11.3. The molecule has 1 amide bonds. The third-order valence-electron chi connectivity index (χ3n) is 4.06. The van der Waals surface area contributed by atoms with Crippen LogP contribution >= 0.6 is 11.6 Å². The smallest absolute Gasteiger partial charge is 0.220 e. The van der Waals surface area contributed by atoms with Crippen LogP contribution in [0.3, 0.4) is 0 Å². The lowest BCUT2D eigenvalue weighted by molar-refractivity contribution is -0.121. The molecule has 0 saturated carbocycles. The summed E-state index contributed by atoms with van der Waals surface area (Å²) in [6.45, 7) is 4.34. The molecule has 3 N–H and O–H groups in total. The lowest BCUT2D eigenvalue weighted by atomic mass is 9.84. The number of amides is 1. The highest BCUT2D eigenvalue weighted by molar-refractivity contribution is 6.31. The van der Waals surface area contributed by atoms with E-state index >= 15 is 0 Å². The van der Waals surface area contributed by atoms with Crippen molar-refractivity contribution >= 4 is 23.2 Å². The van der Waals surface area contributed by atoms with E-state index in [4.69, 9.17) is 17.3 Å². The summed E-state index contributed by atoms with van der Waals surface area (Å²) >= 11 is 6.12. The molecule has 0 fully saturated rings. The first-order valence-electron chi connectivity index (χ1n) is 7.85. The second-order valence-electron chi connectivity index (χ2n) is 6.48. The van der Waals surface area contributed by atoms with Gasteiger partial charge in [-0.2, -0.15) is 0 Å². The third-order valence-corrected chi connectivity index (χ3v) is 4.38. The monoisotopic (exact) mass is 348 g/mol. The average molecular weight is 349 g/mol. The molecule has 0 heterocycles. The molecule has 0 bridgehead atoms. The topological polar surface area (TPSA) is 55.1 Å². The molecule has 5 heteroatoms. The van der Waals surface area contributed by atoms with Crippen LogP contribution in [0.25, 0.3) is 0 Å². The number of rotatable bonds is 6. The van der Waals surface area contributed by atoms with Crippen molar-refractivity contribution in [1.82, 2.24) is 5.32 Å². The van der Waals surface area contributed by atoms with Crippen molar-refractivity contribution in [1.29, 1.82) is 0 Å². The summed E-state index contributed by atoms with van der Waals surface area (Å²) in [7, 11) is 0. The highest BCUT2D eigenvalue weighted by Gasteiger charge is 2.24. The number of hydrogen-bond donors (Lipinski definition) is 2. The fourth-order valence-corrected chi connectivity index (χ4v) is 2.97. The number of nitrogens with two attached hydrogens (primary N) is 1. The Hall–Kier alpha value is -2.07. The van der Waals surface area contributed by atoms with Gasteiger partial charge in [0.15, 0.2) is 0 Å². The van der Waals surface area contributed by atoms with Crippen LogP contribution in [0.4, 0.5) is 10.1 Å². The van der Waals surface area contributed by atoms with Gasteiger partial charge in [-0.1, -0.05) is 49.7 Å². The van der Waals surface area contributed by atoms with Gasteiger partial charge in [0, 0.05) is 29.1 Å². The molecule has 0 aliphatic rings. The second-order valence-corrected chi connectivity index (χ2v) is 6.89. The maximum absolute atomic E-state index is 13.2. The van der Waals surface area contributed by atoms with E-state index in [2.05, 4.69) is 5.32 Å². The summed E-state index contributed by atoms with van der Waals surface area (Å²) in [6, 6.07) is 11.9. The fourth-order valence-electron chi connectivity index (χ4n) is 2.55. The summed E-state index contributed by atoms with van der Waals surface area (Å²) in [6.07, 6.45) is 0.956. The molecule has 0 saturated heterocycles. The molecule has 0 atom stereocenters. The van der Waals surface area contributed by atoms with Gasteiger partial charge in [0.25, 0.3) is 0 Å². The highest BCUT2D eigenvalue weighted by Crippen LogP contribution is 2.30. The van der Waals surface area contributed by atoms with E-state index in [1.165, 1.54) is 12.1 Å². The summed E-state index contributed by atoms with van der Waals surface area (Å²) in [4.78, 5) is 12.1. The first-order valence-corrected chi connectivity index (χ1v) is 8.23. The molecule has 0 aliphatic heterocycles. The van der Waals surface area contributed by atoms with Crippen LogP contribution in [0.5, 0.6) is 0 Å². The average Bonchev–Trinajstić information content (AvgIpc) is 2.52. The van der Waals surface area contributed by atoms with Gasteiger partial charge in [0.2, 0.25) is 5.91 Å². The summed E-state index contributed by atoms with van der Waals surface area (Å²) in [5.41, 5.74) is 7.95. The molecule has 2 rings (SSSR count). The number of para-hydroxylation sites is 1. The zero-order valence-corrected chi connectivity index (χ0v) is 14.7. The number of aryl methyl sites for hydroxylation is 1. The summed E-state index contributed by atoms with van der Waals surface area (Å²) < 4.78 is 13.2. The van der Waals surface area contributed by atoms with E-state index in [0.29, 0.717) is 30.1 Å². The Bertz CT molecular complexity index is 731. The summed E-state index contributed by atoms with van der Waals surface area (Å²) in [5, 5.41) is 3.29. The Kier molecular flexibility index (Phi) is 5.84. The molecular weight excluding hydrogens is 327 g/mol. The molecule has 0 unspecified atom stereocenters. The Morgan fingerprint density at radius 2 is 1.96 bits per heavy atom. The molecule has 128 valence electrons. The largest absolute Gasteiger partial charge is 0.399 e. The maximum atomic E-state index is 13.2. The molecule has 2 aromatic carbocycles. The van der Waals surface area contributed by atoms with Crippen LogP contribution in [0, 0.1) is 5.82 Å². The van der Waals surface area contributed by atoms with Crippen LogP contribution in [-0.4, -0.2) is 12.5 Å². The molecule has 0 aliphatic carbocycles. The van der Waals surface area contributed by atoms with Gasteiger partial charge in [0.05, 0.1) is 0 Å². The zero-order valence-electron chi connectivity index (χ0n) is 13.9. The van der Waals surface area contributed by atoms with Crippen LogP contribution in [0.15, 0.2) is 42.5 Å². The van der Waals surface area contributed by atoms with Gasteiger partial charge >= 0.3 is 0 Å². The van der Waals surface area contributed by atoms with Gasteiger partial charge in [-0.05, 0) is 35.7 Å². The van der Waals surface area contributed by atoms with Crippen LogP contribution in [-0.2, 0) is 16.6 Å². The fraction of sp³-hybridized carbons (Fsp3) is 0.316. The minimum Gasteiger partial charge on any atom is -0.399 e. The number of halogens is 2. The molecular formula is C19H22ClFN2O. The normalized spacial score (nSPS) is 11.3. The van der Waals surface area contributed by atoms with Crippen molar-refractivity contribution in [2.45, 2.75) is 32.1 Å². The highest BCUT2D eigenvalue weighted by atomic mass is 35.5.